The fourth-order valence-electron chi connectivity index (χ4n) is 2.47. The Kier molecular flexibility index (Phi) is 7.73. The number of nitrogens with zero attached hydrogens (tertiary/aromatic N) is 1. The molecule has 0 unspecified atom stereocenters. The Labute approximate surface area is 121 Å². The molecule has 0 aliphatic carbocycles. The predicted octanol–water partition coefficient (Wildman–Crippen LogP) is 2.92. The van der Waals surface area contributed by atoms with Crippen LogP contribution in [0.4, 0.5) is 4.39 Å². The summed E-state index contributed by atoms with van der Waals surface area (Å²) < 4.78 is 19.2. The lowest BCUT2D eigenvalue weighted by molar-refractivity contribution is 0.109. The molecule has 0 atom stereocenters. The Balaban J connectivity index is 2.82. The fourth-order valence-corrected chi connectivity index (χ4v) is 2.47. The summed E-state index contributed by atoms with van der Waals surface area (Å²) in [5.41, 5.74) is 7.09. The van der Waals surface area contributed by atoms with E-state index in [0.29, 0.717) is 25.7 Å². The van der Waals surface area contributed by atoms with Crippen LogP contribution in [0.25, 0.3) is 0 Å². The summed E-state index contributed by atoms with van der Waals surface area (Å²) in [6.07, 6.45) is 2.12. The molecule has 0 aromatic heterocycles. The van der Waals surface area contributed by atoms with Gasteiger partial charge in [-0.2, -0.15) is 0 Å². The van der Waals surface area contributed by atoms with Crippen LogP contribution in [-0.2, 0) is 17.8 Å². The number of hydrogen-bond acceptors (Lipinski definition) is 3. The number of ether oxygens (including phenoxy) is 1. The van der Waals surface area contributed by atoms with Crippen LogP contribution >= 0.6 is 0 Å². The van der Waals surface area contributed by atoms with Gasteiger partial charge in [-0.05, 0) is 24.5 Å². The smallest absolute Gasteiger partial charge is 0.128 e. The molecule has 3 nitrogen and oxygen atoms in total. The van der Waals surface area contributed by atoms with Crippen molar-refractivity contribution in [2.24, 2.45) is 5.73 Å². The summed E-state index contributed by atoms with van der Waals surface area (Å²) >= 11 is 0. The average Bonchev–Trinajstić information content (AvgIpc) is 2.47. The standard InChI is InChI=1S/C16H27FN2O/c1-4-15(5-2)19(8-9-20-3)12-14-7-6-13(11-18)10-16(14)17/h6-7,10,15H,4-5,8-9,11-12,18H2,1-3H3. The van der Waals surface area contributed by atoms with Crippen molar-refractivity contribution < 1.29 is 9.13 Å². The van der Waals surface area contributed by atoms with E-state index >= 15 is 0 Å². The van der Waals surface area contributed by atoms with Gasteiger partial charge in [0.05, 0.1) is 6.61 Å². The zero-order chi connectivity index (χ0) is 15.0. The highest BCUT2D eigenvalue weighted by Crippen LogP contribution is 2.17. The van der Waals surface area contributed by atoms with Gasteiger partial charge in [-0.25, -0.2) is 4.39 Å². The van der Waals surface area contributed by atoms with Crippen LogP contribution in [0.1, 0.15) is 37.8 Å². The summed E-state index contributed by atoms with van der Waals surface area (Å²) in [6, 6.07) is 5.75. The molecule has 114 valence electrons. The monoisotopic (exact) mass is 282 g/mol. The molecule has 0 heterocycles. The third-order valence-corrected chi connectivity index (χ3v) is 3.77. The normalized spacial score (nSPS) is 11.6. The Bertz CT molecular complexity index is 394. The van der Waals surface area contributed by atoms with Gasteiger partial charge in [-0.3, -0.25) is 4.90 Å². The maximum Gasteiger partial charge on any atom is 0.128 e. The van der Waals surface area contributed by atoms with Crippen molar-refractivity contribution in [3.63, 3.8) is 0 Å². The lowest BCUT2D eigenvalue weighted by Crippen LogP contribution is -2.36. The second kappa shape index (κ2) is 9.06. The van der Waals surface area contributed by atoms with Gasteiger partial charge in [-0.1, -0.05) is 26.0 Å². The molecule has 0 fully saturated rings. The zero-order valence-electron chi connectivity index (χ0n) is 12.9. The highest BCUT2D eigenvalue weighted by molar-refractivity contribution is 5.24. The van der Waals surface area contributed by atoms with Crippen molar-refractivity contribution in [2.75, 3.05) is 20.3 Å². The molecule has 1 aromatic rings. The van der Waals surface area contributed by atoms with Crippen molar-refractivity contribution in [2.45, 2.75) is 45.8 Å². The molecule has 0 radical (unpaired) electrons. The fraction of sp³-hybridized carbons (Fsp3) is 0.625. The maximum absolute atomic E-state index is 14.1. The zero-order valence-corrected chi connectivity index (χ0v) is 12.9. The Morgan fingerprint density at radius 1 is 1.30 bits per heavy atom. The first kappa shape index (κ1) is 17.1. The summed E-state index contributed by atoms with van der Waals surface area (Å²) in [7, 11) is 1.70. The maximum atomic E-state index is 14.1. The van der Waals surface area contributed by atoms with E-state index in [2.05, 4.69) is 18.7 Å². The number of halogens is 1. The van der Waals surface area contributed by atoms with Crippen LogP contribution in [-0.4, -0.2) is 31.2 Å². The molecule has 0 saturated heterocycles. The van der Waals surface area contributed by atoms with Crippen molar-refractivity contribution in [3.05, 3.63) is 35.1 Å². The van der Waals surface area contributed by atoms with E-state index in [1.165, 1.54) is 6.07 Å². The van der Waals surface area contributed by atoms with Crippen molar-refractivity contribution in [1.82, 2.24) is 4.90 Å². The minimum absolute atomic E-state index is 0.165. The molecule has 0 amide bonds. The molecule has 0 aliphatic heterocycles. The first-order chi connectivity index (χ1) is 9.65. The third-order valence-electron chi connectivity index (χ3n) is 3.77. The van der Waals surface area contributed by atoms with E-state index in [1.54, 1.807) is 7.11 Å². The number of benzene rings is 1. The van der Waals surface area contributed by atoms with Gasteiger partial charge in [0.15, 0.2) is 0 Å². The summed E-state index contributed by atoms with van der Waals surface area (Å²) in [5.74, 6) is -0.165. The average molecular weight is 282 g/mol. The second-order valence-corrected chi connectivity index (χ2v) is 5.06. The second-order valence-electron chi connectivity index (χ2n) is 5.06. The van der Waals surface area contributed by atoms with E-state index in [0.717, 1.165) is 30.5 Å². The van der Waals surface area contributed by atoms with Gasteiger partial charge >= 0.3 is 0 Å². The molecular weight excluding hydrogens is 255 g/mol. The largest absolute Gasteiger partial charge is 0.383 e. The van der Waals surface area contributed by atoms with Gasteiger partial charge in [0.2, 0.25) is 0 Å². The van der Waals surface area contributed by atoms with E-state index in [-0.39, 0.29) is 5.82 Å². The first-order valence-electron chi connectivity index (χ1n) is 7.36. The van der Waals surface area contributed by atoms with Crippen LogP contribution < -0.4 is 5.73 Å². The van der Waals surface area contributed by atoms with Crippen LogP contribution in [0.3, 0.4) is 0 Å². The van der Waals surface area contributed by atoms with Crippen molar-refractivity contribution in [1.29, 1.82) is 0 Å². The molecular formula is C16H27FN2O. The van der Waals surface area contributed by atoms with E-state index in [4.69, 9.17) is 10.5 Å². The third kappa shape index (κ3) is 4.85. The Morgan fingerprint density at radius 2 is 2.00 bits per heavy atom. The van der Waals surface area contributed by atoms with E-state index in [9.17, 15) is 4.39 Å². The van der Waals surface area contributed by atoms with Gasteiger partial charge in [-0.15, -0.1) is 0 Å². The summed E-state index contributed by atoms with van der Waals surface area (Å²) in [5, 5.41) is 0. The molecule has 0 saturated carbocycles. The molecule has 0 bridgehead atoms. The Morgan fingerprint density at radius 3 is 2.50 bits per heavy atom. The lowest BCUT2D eigenvalue weighted by atomic mass is 10.1. The van der Waals surface area contributed by atoms with Gasteiger partial charge in [0.25, 0.3) is 0 Å². The van der Waals surface area contributed by atoms with Crippen LogP contribution in [0.2, 0.25) is 0 Å². The highest BCUT2D eigenvalue weighted by Gasteiger charge is 2.17. The minimum Gasteiger partial charge on any atom is -0.383 e. The lowest BCUT2D eigenvalue weighted by Gasteiger charge is -2.30. The van der Waals surface area contributed by atoms with Crippen LogP contribution in [0.15, 0.2) is 18.2 Å². The van der Waals surface area contributed by atoms with Gasteiger partial charge in [0, 0.05) is 38.3 Å². The number of rotatable bonds is 9. The predicted molar refractivity (Wildman–Crippen MR) is 80.9 cm³/mol. The highest BCUT2D eigenvalue weighted by atomic mass is 19.1. The number of hydrogen-bond donors (Lipinski definition) is 1. The quantitative estimate of drug-likeness (QED) is 0.757. The molecule has 0 spiro atoms. The SMILES string of the molecule is CCC(CC)N(CCOC)Cc1ccc(CN)cc1F. The van der Waals surface area contributed by atoms with E-state index < -0.39 is 0 Å². The van der Waals surface area contributed by atoms with E-state index in [1.807, 2.05) is 12.1 Å². The molecule has 1 aromatic carbocycles. The first-order valence-corrected chi connectivity index (χ1v) is 7.36. The molecule has 20 heavy (non-hydrogen) atoms. The van der Waals surface area contributed by atoms with Crippen molar-refractivity contribution >= 4 is 0 Å². The molecule has 1 rings (SSSR count). The number of methoxy groups -OCH3 is 1. The molecule has 4 heteroatoms. The van der Waals surface area contributed by atoms with Crippen LogP contribution in [0, 0.1) is 5.82 Å². The molecule has 2 N–H and O–H groups in total. The summed E-state index contributed by atoms with van der Waals surface area (Å²) in [4.78, 5) is 2.30. The van der Waals surface area contributed by atoms with Gasteiger partial charge in [0.1, 0.15) is 5.82 Å². The Hall–Kier alpha value is -0.970. The van der Waals surface area contributed by atoms with Crippen molar-refractivity contribution in [3.8, 4) is 0 Å². The summed E-state index contributed by atoms with van der Waals surface area (Å²) in [6.45, 7) is 6.81. The number of nitrogens with two attached hydrogens (primary N) is 1. The molecule has 0 aliphatic rings. The minimum atomic E-state index is -0.165. The van der Waals surface area contributed by atoms with Gasteiger partial charge < -0.3 is 10.5 Å². The topological polar surface area (TPSA) is 38.5 Å². The van der Waals surface area contributed by atoms with Crippen LogP contribution in [0.5, 0.6) is 0 Å².